The van der Waals surface area contributed by atoms with Crippen LogP contribution in [0.1, 0.15) is 25.0 Å². The molecule has 2 rings (SSSR count). The van der Waals surface area contributed by atoms with Gasteiger partial charge in [-0.25, -0.2) is 0 Å². The number of esters is 1. The van der Waals surface area contributed by atoms with Crippen LogP contribution in [-0.2, 0) is 9.53 Å². The van der Waals surface area contributed by atoms with Crippen LogP contribution in [-0.4, -0.2) is 36.0 Å². The zero-order valence-corrected chi connectivity index (χ0v) is 12.7. The first-order valence-electron chi connectivity index (χ1n) is 7.14. The molecular weight excluding hydrogens is 284 g/mol. The molecule has 0 aliphatic carbocycles. The number of hydrogen-bond donors (Lipinski definition) is 2. The number of methoxy groups -OCH3 is 1. The lowest BCUT2D eigenvalue weighted by Crippen LogP contribution is -2.23. The third-order valence-corrected chi connectivity index (χ3v) is 3.46. The fourth-order valence-corrected chi connectivity index (χ4v) is 2.28. The molecule has 0 spiro atoms. The second kappa shape index (κ2) is 7.24. The van der Waals surface area contributed by atoms with Crippen LogP contribution < -0.4 is 4.74 Å². The predicted molar refractivity (Wildman–Crippen MR) is 82.7 cm³/mol. The molecular formula is C17H20O5. The van der Waals surface area contributed by atoms with Crippen LogP contribution in [0.25, 0.3) is 10.8 Å². The maximum atomic E-state index is 11.4. The summed E-state index contributed by atoms with van der Waals surface area (Å²) in [4.78, 5) is 11.4. The van der Waals surface area contributed by atoms with Gasteiger partial charge < -0.3 is 19.7 Å². The molecule has 2 atom stereocenters. The number of aliphatic hydroxyl groups is 2. The van der Waals surface area contributed by atoms with E-state index in [0.717, 1.165) is 16.5 Å². The van der Waals surface area contributed by atoms with Gasteiger partial charge in [0, 0.05) is 0 Å². The van der Waals surface area contributed by atoms with E-state index in [2.05, 4.69) is 0 Å². The average Bonchev–Trinajstić information content (AvgIpc) is 2.53. The zero-order chi connectivity index (χ0) is 16.1. The number of hydrogen-bond acceptors (Lipinski definition) is 5. The van der Waals surface area contributed by atoms with Gasteiger partial charge in [0.15, 0.2) is 0 Å². The van der Waals surface area contributed by atoms with Crippen LogP contribution in [0, 0.1) is 0 Å². The molecule has 0 saturated carbocycles. The highest BCUT2D eigenvalue weighted by molar-refractivity contribution is 5.84. The third-order valence-electron chi connectivity index (χ3n) is 3.46. The first kappa shape index (κ1) is 16.3. The Labute approximate surface area is 129 Å². The molecule has 0 fully saturated rings. The number of ether oxygens (including phenoxy) is 2. The summed E-state index contributed by atoms with van der Waals surface area (Å²) in [5.74, 6) is 0.225. The van der Waals surface area contributed by atoms with Crippen molar-refractivity contribution in [2.24, 2.45) is 0 Å². The quantitative estimate of drug-likeness (QED) is 0.800. The number of carbonyl (C=O) groups is 1. The number of benzene rings is 2. The van der Waals surface area contributed by atoms with Gasteiger partial charge in [0.25, 0.3) is 0 Å². The lowest BCUT2D eigenvalue weighted by molar-refractivity contribution is -0.147. The molecule has 0 saturated heterocycles. The molecule has 0 aromatic heterocycles. The van der Waals surface area contributed by atoms with E-state index < -0.39 is 18.2 Å². The summed E-state index contributed by atoms with van der Waals surface area (Å²) in [5, 5.41) is 22.0. The maximum Gasteiger partial charge on any atom is 0.308 e. The van der Waals surface area contributed by atoms with Gasteiger partial charge in [-0.3, -0.25) is 4.79 Å². The molecule has 2 aromatic carbocycles. The number of fused-ring (bicyclic) bond motifs is 1. The van der Waals surface area contributed by atoms with Gasteiger partial charge in [-0.15, -0.1) is 0 Å². The second-order valence-electron chi connectivity index (χ2n) is 4.99. The molecule has 118 valence electrons. The summed E-state index contributed by atoms with van der Waals surface area (Å²) in [6, 6.07) is 10.9. The van der Waals surface area contributed by atoms with E-state index in [4.69, 9.17) is 9.47 Å². The van der Waals surface area contributed by atoms with Crippen LogP contribution in [0.5, 0.6) is 5.75 Å². The first-order chi connectivity index (χ1) is 10.5. The highest BCUT2D eigenvalue weighted by atomic mass is 16.5. The Morgan fingerprint density at radius 2 is 1.82 bits per heavy atom. The maximum absolute atomic E-state index is 11.4. The smallest absolute Gasteiger partial charge is 0.308 e. The zero-order valence-electron chi connectivity index (χ0n) is 12.7. The van der Waals surface area contributed by atoms with Crippen molar-refractivity contribution < 1.29 is 24.5 Å². The predicted octanol–water partition coefficient (Wildman–Crippen LogP) is 2.20. The van der Waals surface area contributed by atoms with Crippen molar-refractivity contribution in [2.75, 3.05) is 13.7 Å². The van der Waals surface area contributed by atoms with Gasteiger partial charge in [0.1, 0.15) is 11.9 Å². The highest BCUT2D eigenvalue weighted by Crippen LogP contribution is 2.26. The summed E-state index contributed by atoms with van der Waals surface area (Å²) in [6.07, 6.45) is -2.58. The Morgan fingerprint density at radius 1 is 1.14 bits per heavy atom. The lowest BCUT2D eigenvalue weighted by atomic mass is 9.99. The van der Waals surface area contributed by atoms with Gasteiger partial charge in [-0.2, -0.15) is 0 Å². The van der Waals surface area contributed by atoms with Crippen molar-refractivity contribution in [3.63, 3.8) is 0 Å². The Hall–Kier alpha value is -2.11. The lowest BCUT2D eigenvalue weighted by Gasteiger charge is -2.18. The number of rotatable bonds is 6. The topological polar surface area (TPSA) is 76.0 Å². The van der Waals surface area contributed by atoms with Crippen molar-refractivity contribution in [1.82, 2.24) is 0 Å². The summed E-state index contributed by atoms with van der Waals surface area (Å²) in [7, 11) is 1.60. The van der Waals surface area contributed by atoms with Crippen molar-refractivity contribution in [3.8, 4) is 5.75 Å². The fourth-order valence-electron chi connectivity index (χ4n) is 2.28. The average molecular weight is 304 g/mol. The largest absolute Gasteiger partial charge is 0.497 e. The molecule has 2 unspecified atom stereocenters. The number of carbonyl (C=O) groups excluding carboxylic acids is 1. The molecule has 0 heterocycles. The molecule has 0 amide bonds. The number of aliphatic hydroxyl groups excluding tert-OH is 2. The van der Waals surface area contributed by atoms with E-state index >= 15 is 0 Å². The van der Waals surface area contributed by atoms with Gasteiger partial charge in [-0.1, -0.05) is 18.2 Å². The van der Waals surface area contributed by atoms with Gasteiger partial charge >= 0.3 is 5.97 Å². The van der Waals surface area contributed by atoms with E-state index in [1.54, 1.807) is 26.2 Å². The van der Waals surface area contributed by atoms with Gasteiger partial charge in [0.05, 0.1) is 26.2 Å². The van der Waals surface area contributed by atoms with Crippen LogP contribution in [0.4, 0.5) is 0 Å². The molecule has 2 N–H and O–H groups in total. The van der Waals surface area contributed by atoms with E-state index in [-0.39, 0.29) is 13.0 Å². The molecule has 0 radical (unpaired) electrons. The molecule has 5 heteroatoms. The molecule has 0 aliphatic rings. The Kier molecular flexibility index (Phi) is 5.35. The monoisotopic (exact) mass is 304 g/mol. The SMILES string of the molecule is CCOC(=O)CC(O)C(O)c1ccc2cc(OC)ccc2c1. The molecule has 2 aromatic rings. The van der Waals surface area contributed by atoms with Crippen molar-refractivity contribution in [3.05, 3.63) is 42.0 Å². The summed E-state index contributed by atoms with van der Waals surface area (Å²) >= 11 is 0. The minimum Gasteiger partial charge on any atom is -0.497 e. The van der Waals surface area contributed by atoms with E-state index in [1.807, 2.05) is 24.3 Å². The molecule has 0 bridgehead atoms. The normalized spacial score (nSPS) is 13.6. The first-order valence-corrected chi connectivity index (χ1v) is 7.14. The van der Waals surface area contributed by atoms with Crippen LogP contribution in [0.2, 0.25) is 0 Å². The van der Waals surface area contributed by atoms with E-state index in [1.165, 1.54) is 0 Å². The molecule has 0 aliphatic heterocycles. The summed E-state index contributed by atoms with van der Waals surface area (Å²) in [5.41, 5.74) is 0.550. The third kappa shape index (κ3) is 3.75. The van der Waals surface area contributed by atoms with Crippen molar-refractivity contribution >= 4 is 16.7 Å². The fraction of sp³-hybridized carbons (Fsp3) is 0.353. The summed E-state index contributed by atoms with van der Waals surface area (Å²) in [6.45, 7) is 1.94. The van der Waals surface area contributed by atoms with Gasteiger partial charge in [-0.05, 0) is 41.5 Å². The van der Waals surface area contributed by atoms with E-state index in [9.17, 15) is 15.0 Å². The standard InChI is InChI=1S/C17H20O5/c1-3-22-16(19)10-15(18)17(20)13-5-4-12-9-14(21-2)7-6-11(12)8-13/h4-9,15,17-18,20H,3,10H2,1-2H3. The Morgan fingerprint density at radius 3 is 2.50 bits per heavy atom. The van der Waals surface area contributed by atoms with Crippen LogP contribution >= 0.6 is 0 Å². The Balaban J connectivity index is 2.17. The van der Waals surface area contributed by atoms with Crippen molar-refractivity contribution in [2.45, 2.75) is 25.6 Å². The minimum absolute atomic E-state index is 0.240. The van der Waals surface area contributed by atoms with Crippen LogP contribution in [0.15, 0.2) is 36.4 Å². The summed E-state index contributed by atoms with van der Waals surface area (Å²) < 4.78 is 9.93. The second-order valence-corrected chi connectivity index (χ2v) is 4.99. The van der Waals surface area contributed by atoms with Crippen LogP contribution in [0.3, 0.4) is 0 Å². The highest BCUT2D eigenvalue weighted by Gasteiger charge is 2.22. The van der Waals surface area contributed by atoms with Crippen molar-refractivity contribution in [1.29, 1.82) is 0 Å². The Bertz CT molecular complexity index is 653. The molecule has 22 heavy (non-hydrogen) atoms. The minimum atomic E-state index is -1.20. The molecule has 5 nitrogen and oxygen atoms in total. The van der Waals surface area contributed by atoms with E-state index in [0.29, 0.717) is 5.56 Å². The van der Waals surface area contributed by atoms with Gasteiger partial charge in [0.2, 0.25) is 0 Å².